The maximum atomic E-state index is 5.15. The number of rotatable bonds is 2. The number of nitrogens with two attached hydrogens (primary N) is 1. The molecule has 0 aromatic heterocycles. The van der Waals surface area contributed by atoms with Crippen LogP contribution in [0.25, 0.3) is 0 Å². The first-order chi connectivity index (χ1) is 3.77. The molecule has 0 spiro atoms. The summed E-state index contributed by atoms with van der Waals surface area (Å²) in [6.07, 6.45) is 4.65. The zero-order chi connectivity index (χ0) is 6.41. The maximum Gasteiger partial charge on any atom is 0.112 e. The highest BCUT2D eigenvalue weighted by molar-refractivity contribution is 6.23. The predicted octanol–water partition coefficient (Wildman–Crippen LogP) is 0.169. The van der Waals surface area contributed by atoms with Crippen LogP contribution in [0.4, 0.5) is 0 Å². The lowest BCUT2D eigenvalue weighted by Crippen LogP contribution is -1.78. The second-order valence-corrected chi connectivity index (χ2v) is 1.23. The molecule has 0 unspecified atom stereocenters. The number of hydrogen-bond acceptors (Lipinski definition) is 2. The molecule has 0 bridgehead atoms. The Bertz CT molecular complexity index is 126. The third-order valence-electron chi connectivity index (χ3n) is 0.482. The van der Waals surface area contributed by atoms with E-state index < -0.39 is 0 Å². The summed E-state index contributed by atoms with van der Waals surface area (Å²) in [5.41, 5.74) is 0.491. The molecule has 0 saturated carbocycles. The quantitative estimate of drug-likeness (QED) is 0.176. The molecule has 0 atom stereocenters. The predicted molar refractivity (Wildman–Crippen MR) is 36.7 cm³/mol. The molecular formula is C5H7BN2. The molecule has 2 N–H and O–H groups in total. The van der Waals surface area contributed by atoms with Crippen molar-refractivity contribution in [3.63, 3.8) is 0 Å². The summed E-state index contributed by atoms with van der Waals surface area (Å²) in [6, 6.07) is 0. The van der Waals surface area contributed by atoms with Gasteiger partial charge in [0.15, 0.2) is 0 Å². The van der Waals surface area contributed by atoms with Crippen molar-refractivity contribution in [1.82, 2.24) is 0 Å². The molecule has 40 valence electrons. The van der Waals surface area contributed by atoms with Crippen LogP contribution in [-0.4, -0.2) is 14.1 Å². The molecular weight excluding hydrogens is 98.9 g/mol. The Morgan fingerprint density at radius 2 is 2.38 bits per heavy atom. The lowest BCUT2D eigenvalue weighted by Gasteiger charge is -1.78. The van der Waals surface area contributed by atoms with E-state index in [1.54, 1.807) is 12.2 Å². The summed E-state index contributed by atoms with van der Waals surface area (Å²) in [7, 11) is 5.15. The fraction of sp³-hybridized carbons (Fsp3) is 0. The van der Waals surface area contributed by atoms with Crippen LogP contribution in [0.1, 0.15) is 0 Å². The summed E-state index contributed by atoms with van der Waals surface area (Å²) in [4.78, 5) is 0. The molecule has 0 aliphatic carbocycles. The molecule has 2 radical (unpaired) electrons. The summed E-state index contributed by atoms with van der Waals surface area (Å²) in [5.74, 6) is 4.76. The highest BCUT2D eigenvalue weighted by Crippen LogP contribution is 1.79. The van der Waals surface area contributed by atoms with Gasteiger partial charge in [-0.1, -0.05) is 6.08 Å². The van der Waals surface area contributed by atoms with Crippen molar-refractivity contribution >= 4 is 14.1 Å². The SMILES string of the molecule is [B]C(=C)/C=C\C=N/N. The van der Waals surface area contributed by atoms with Crippen LogP contribution < -0.4 is 5.84 Å². The van der Waals surface area contributed by atoms with Gasteiger partial charge in [0.2, 0.25) is 0 Å². The van der Waals surface area contributed by atoms with Gasteiger partial charge in [-0.3, -0.25) is 0 Å². The van der Waals surface area contributed by atoms with Crippen LogP contribution in [0.2, 0.25) is 0 Å². The van der Waals surface area contributed by atoms with E-state index in [-0.39, 0.29) is 0 Å². The van der Waals surface area contributed by atoms with Crippen LogP contribution in [0.3, 0.4) is 0 Å². The number of allylic oxidation sites excluding steroid dienone is 3. The van der Waals surface area contributed by atoms with Gasteiger partial charge in [0.05, 0.1) is 0 Å². The lowest BCUT2D eigenvalue weighted by atomic mass is 9.98. The minimum absolute atomic E-state index is 0.491. The third-order valence-corrected chi connectivity index (χ3v) is 0.482. The largest absolute Gasteiger partial charge is 0.323 e. The van der Waals surface area contributed by atoms with Crippen molar-refractivity contribution in [2.75, 3.05) is 0 Å². The van der Waals surface area contributed by atoms with Crippen molar-refractivity contribution in [2.45, 2.75) is 0 Å². The van der Waals surface area contributed by atoms with Gasteiger partial charge in [0.1, 0.15) is 7.85 Å². The van der Waals surface area contributed by atoms with Gasteiger partial charge >= 0.3 is 0 Å². The highest BCUT2D eigenvalue weighted by atomic mass is 15.1. The summed E-state index contributed by atoms with van der Waals surface area (Å²) >= 11 is 0. The molecule has 0 fully saturated rings. The topological polar surface area (TPSA) is 38.4 Å². The van der Waals surface area contributed by atoms with Gasteiger partial charge in [-0.25, -0.2) is 0 Å². The van der Waals surface area contributed by atoms with E-state index >= 15 is 0 Å². The summed E-state index contributed by atoms with van der Waals surface area (Å²) in [5, 5.41) is 3.20. The first-order valence-corrected chi connectivity index (χ1v) is 2.11. The molecule has 2 nitrogen and oxygen atoms in total. The Hall–Kier alpha value is -0.985. The number of hydrazone groups is 1. The molecule has 0 rings (SSSR count). The normalized spacial score (nSPS) is 11.0. The molecule has 0 aliphatic heterocycles. The molecule has 0 saturated heterocycles. The monoisotopic (exact) mass is 106 g/mol. The summed E-state index contributed by atoms with van der Waals surface area (Å²) in [6.45, 7) is 3.42. The first-order valence-electron chi connectivity index (χ1n) is 2.11. The third kappa shape index (κ3) is 5.01. The van der Waals surface area contributed by atoms with E-state index in [0.717, 1.165) is 0 Å². The molecule has 0 aromatic carbocycles. The summed E-state index contributed by atoms with van der Waals surface area (Å²) < 4.78 is 0. The van der Waals surface area contributed by atoms with Crippen LogP contribution in [0.5, 0.6) is 0 Å². The Labute approximate surface area is 50.2 Å². The average Bonchev–Trinajstić information content (AvgIpc) is 1.66. The fourth-order valence-electron chi connectivity index (χ4n) is 0.216. The fourth-order valence-corrected chi connectivity index (χ4v) is 0.216. The first kappa shape index (κ1) is 7.01. The Balaban J connectivity index is 3.50. The minimum atomic E-state index is 0.491. The van der Waals surface area contributed by atoms with E-state index in [1.165, 1.54) is 6.21 Å². The molecule has 0 aliphatic rings. The van der Waals surface area contributed by atoms with Crippen LogP contribution >= 0.6 is 0 Å². The van der Waals surface area contributed by atoms with E-state index in [2.05, 4.69) is 11.7 Å². The molecule has 8 heavy (non-hydrogen) atoms. The molecule has 0 aromatic rings. The van der Waals surface area contributed by atoms with Gasteiger partial charge in [-0.05, 0) is 6.08 Å². The van der Waals surface area contributed by atoms with Crippen molar-refractivity contribution in [3.05, 3.63) is 24.2 Å². The number of hydrogen-bond donors (Lipinski definition) is 1. The molecule has 0 heterocycles. The van der Waals surface area contributed by atoms with E-state index in [0.29, 0.717) is 5.47 Å². The molecule has 0 amide bonds. The second kappa shape index (κ2) is 4.18. The van der Waals surface area contributed by atoms with Crippen molar-refractivity contribution in [3.8, 4) is 0 Å². The Morgan fingerprint density at radius 3 is 2.75 bits per heavy atom. The molecule has 3 heteroatoms. The zero-order valence-electron chi connectivity index (χ0n) is 4.54. The van der Waals surface area contributed by atoms with E-state index in [1.807, 2.05) is 0 Å². The van der Waals surface area contributed by atoms with Gasteiger partial charge in [-0.2, -0.15) is 5.10 Å². The standard InChI is InChI=1S/C5H7BN2/c1-5(6)3-2-4-8-7/h2-4H,1,7H2/b3-2-,8-4-. The second-order valence-electron chi connectivity index (χ2n) is 1.23. The van der Waals surface area contributed by atoms with Gasteiger partial charge in [0, 0.05) is 6.21 Å². The van der Waals surface area contributed by atoms with Gasteiger partial charge < -0.3 is 5.84 Å². The minimum Gasteiger partial charge on any atom is -0.323 e. The van der Waals surface area contributed by atoms with Crippen molar-refractivity contribution in [1.29, 1.82) is 0 Å². The highest BCUT2D eigenvalue weighted by Gasteiger charge is 1.67. The lowest BCUT2D eigenvalue weighted by molar-refractivity contribution is 1.27. The average molecular weight is 106 g/mol. The van der Waals surface area contributed by atoms with Crippen LogP contribution in [0, 0.1) is 0 Å². The maximum absolute atomic E-state index is 5.15. The Kier molecular flexibility index (Phi) is 3.67. The van der Waals surface area contributed by atoms with E-state index in [4.69, 9.17) is 13.7 Å². The van der Waals surface area contributed by atoms with Crippen molar-refractivity contribution < 1.29 is 0 Å². The van der Waals surface area contributed by atoms with Crippen molar-refractivity contribution in [2.24, 2.45) is 10.9 Å². The smallest absolute Gasteiger partial charge is 0.112 e. The zero-order valence-corrected chi connectivity index (χ0v) is 4.54. The van der Waals surface area contributed by atoms with Gasteiger partial charge in [-0.15, -0.1) is 12.1 Å². The Morgan fingerprint density at radius 1 is 1.75 bits per heavy atom. The van der Waals surface area contributed by atoms with Crippen LogP contribution in [-0.2, 0) is 0 Å². The number of nitrogens with zero attached hydrogens (tertiary/aromatic N) is 1. The van der Waals surface area contributed by atoms with Crippen LogP contribution in [0.15, 0.2) is 29.3 Å². The van der Waals surface area contributed by atoms with E-state index in [9.17, 15) is 0 Å². The van der Waals surface area contributed by atoms with Gasteiger partial charge in [0.25, 0.3) is 0 Å².